The van der Waals surface area contributed by atoms with Crippen molar-refractivity contribution in [2.45, 2.75) is 447 Å². The summed E-state index contributed by atoms with van der Waals surface area (Å²) in [6.45, 7) is 130. The number of ether oxygens (including phenoxy) is 7. The Labute approximate surface area is 871 Å². The lowest BCUT2D eigenvalue weighted by atomic mass is 9.76. The first-order valence-corrected chi connectivity index (χ1v) is 57.2. The fraction of sp³-hybridized carbons (Fsp3) is 1.00. The quantitative estimate of drug-likeness (QED) is 0.108. The summed E-state index contributed by atoms with van der Waals surface area (Å²) < 4.78 is 38.1. The van der Waals surface area contributed by atoms with Crippen LogP contribution in [-0.4, -0.2) is 296 Å². The zero-order valence-corrected chi connectivity index (χ0v) is 101. The van der Waals surface area contributed by atoms with E-state index in [1.807, 2.05) is 0 Å². The number of piperazine rings is 3. The Bertz CT molecular complexity index is 2130. The zero-order valence-electron chi connectivity index (χ0n) is 101. The van der Waals surface area contributed by atoms with Gasteiger partial charge in [-0.3, -0.25) is 0 Å². The van der Waals surface area contributed by atoms with Gasteiger partial charge in [-0.2, -0.15) is 0 Å². The second kappa shape index (κ2) is 68.2. The van der Waals surface area contributed by atoms with Crippen molar-refractivity contribution in [2.24, 2.45) is 87.6 Å². The van der Waals surface area contributed by atoms with Crippen molar-refractivity contribution in [3.63, 3.8) is 0 Å². The van der Waals surface area contributed by atoms with Gasteiger partial charge in [-0.25, -0.2) is 0 Å². The van der Waals surface area contributed by atoms with E-state index in [1.165, 1.54) is 116 Å². The lowest BCUT2D eigenvalue weighted by molar-refractivity contribution is -0.0361. The highest BCUT2D eigenvalue weighted by atomic mass is 16.5. The normalized spacial score (nSPS) is 27.7. The molecule has 14 aliphatic rings. The van der Waals surface area contributed by atoms with Crippen LogP contribution < -0.4 is 85.1 Å². The molecule has 0 saturated carbocycles. The van der Waals surface area contributed by atoms with Crippen molar-refractivity contribution in [1.82, 2.24) is 85.1 Å². The summed E-state index contributed by atoms with van der Waals surface area (Å²) in [7, 11) is 0. The molecule has 14 rings (SSSR count). The van der Waals surface area contributed by atoms with Gasteiger partial charge in [0.05, 0.1) is 77.8 Å². The van der Waals surface area contributed by atoms with Crippen LogP contribution in [0.2, 0.25) is 0 Å². The minimum Gasteiger partial charge on any atom is -0.381 e. The molecular formula is C117H250N16O7. The third-order valence-corrected chi connectivity index (χ3v) is 29.9. The molecule has 14 fully saturated rings. The van der Waals surface area contributed by atoms with Crippen LogP contribution in [0.5, 0.6) is 0 Å². The Kier molecular flexibility index (Phi) is 66.8. The van der Waals surface area contributed by atoms with E-state index < -0.39 is 0 Å². The fourth-order valence-electron chi connectivity index (χ4n) is 18.6. The number of hydrogen-bond donors (Lipinski definition) is 16. The SMILES string of the molecule is CC(C)(C)C1CCCCN1.CC(C)(C)C1CCNCC1.CC(C)(C)C1CCOCC1.CC(C)(C)C1CNCCN1.CC(C)(C)C1CNCCO1.CC(C)(C)C1COCCN1.CC(C)(C)[C@@H]1CCCCN1.CC(C)(C)[C@@H]1CNCCN1.CC(C)(C)[C@@H]1CNCCO1.CC(C)(C)[C@@H]1COCCN1.CC(C)(C)[C@H]1CCCCN1.CC(C)(C)[C@H]1CNCCN1.CC(C)(C)[C@H]1CNCCO1.CC(C)(C)[C@H]1COCCN1. The van der Waals surface area contributed by atoms with E-state index in [-0.39, 0.29) is 16.2 Å². The molecule has 4 unspecified atom stereocenters. The van der Waals surface area contributed by atoms with E-state index in [0.717, 1.165) is 220 Å². The molecule has 0 aromatic carbocycles. The Morgan fingerprint density at radius 2 is 0.371 bits per heavy atom. The van der Waals surface area contributed by atoms with Crippen LogP contribution in [-0.2, 0) is 33.2 Å². The third-order valence-electron chi connectivity index (χ3n) is 29.9. The van der Waals surface area contributed by atoms with Crippen molar-refractivity contribution in [3.05, 3.63) is 0 Å². The molecule has 23 heteroatoms. The van der Waals surface area contributed by atoms with Gasteiger partial charge in [-0.15, -0.1) is 0 Å². The number of hydrogen-bond acceptors (Lipinski definition) is 23. The average Bonchev–Trinajstić information content (AvgIpc) is 0.984. The zero-order chi connectivity index (χ0) is 107. The summed E-state index contributed by atoms with van der Waals surface area (Å²) in [6, 6.07) is 5.76. The van der Waals surface area contributed by atoms with Gasteiger partial charge in [0.2, 0.25) is 0 Å². The predicted octanol–water partition coefficient (Wildman–Crippen LogP) is 18.9. The third kappa shape index (κ3) is 66.7. The Balaban J connectivity index is 0.000000754. The molecule has 14 saturated heterocycles. The number of rotatable bonds is 0. The van der Waals surface area contributed by atoms with Gasteiger partial charge < -0.3 is 118 Å². The highest BCUT2D eigenvalue weighted by Crippen LogP contribution is 2.36. The van der Waals surface area contributed by atoms with Crippen LogP contribution in [0.15, 0.2) is 0 Å². The van der Waals surface area contributed by atoms with Gasteiger partial charge in [-0.1, -0.05) is 310 Å². The molecule has 16 N–H and O–H groups in total. The molecule has 0 aliphatic carbocycles. The van der Waals surface area contributed by atoms with Crippen LogP contribution >= 0.6 is 0 Å². The maximum Gasteiger partial charge on any atom is 0.0748 e. The summed E-state index contributed by atoms with van der Waals surface area (Å²) in [5, 5.41) is 54.9. The predicted molar refractivity (Wildman–Crippen MR) is 608 cm³/mol. The van der Waals surface area contributed by atoms with Gasteiger partial charge in [0.25, 0.3) is 0 Å². The number of piperidine rings is 4. The minimum atomic E-state index is 0.285. The molecule has 0 aromatic rings. The Morgan fingerprint density at radius 3 is 0.500 bits per heavy atom. The van der Waals surface area contributed by atoms with E-state index in [4.69, 9.17) is 33.2 Å². The van der Waals surface area contributed by atoms with Crippen LogP contribution in [0, 0.1) is 87.6 Å². The maximum absolute atomic E-state index is 5.58. The first kappa shape index (κ1) is 137. The molecule has 0 amide bonds. The molecule has 0 aromatic heterocycles. The van der Waals surface area contributed by atoms with Gasteiger partial charge in [0.15, 0.2) is 0 Å². The monoisotopic (exact) mass is 1990 g/mol. The van der Waals surface area contributed by atoms with Crippen molar-refractivity contribution in [3.8, 4) is 0 Å². The van der Waals surface area contributed by atoms with E-state index >= 15 is 0 Å². The molecule has 140 heavy (non-hydrogen) atoms. The molecular weight excluding hydrogens is 1740 g/mol. The first-order valence-electron chi connectivity index (χ1n) is 57.2. The molecule has 0 spiro atoms. The standard InChI is InChI=1S/4C9H19N.C9H18O.3C8H18N2.6C8H17NO/c1-9(2,3)8-4-6-10-7-5-8;3*1-9(2,3)8-6-4-5-7-10-8;1-9(2,3)8-4-6-10-7-5-8;3*1-8(2,3)7-6-9-4-5-10-7;3*1-8(2,3)7-6-10-5-4-9-7;3*1-8(2,3)7-6-9-4-5-10-7/h4*8,10H,4-7H2,1-3H3;8H,4-7H2,1-3H3;3*7,9-10H,4-6H2,1-3H3;6*7,9H,4-6H2,1-3H3/t;2*8-;;;2*7-;;2*7-;;2*7-;/m.10..10.10.10./s1. The minimum absolute atomic E-state index is 0.285. The van der Waals surface area contributed by atoms with E-state index in [0.29, 0.717) is 114 Å². The first-order chi connectivity index (χ1) is 64.5. The molecule has 14 aliphatic heterocycles. The topological polar surface area (TPSA) is 257 Å². The average molecular weight is 1990 g/mol. The Hall–Kier alpha value is -0.920. The summed E-state index contributed by atoms with van der Waals surface area (Å²) >= 11 is 0. The number of morpholine rings is 6. The molecule has 23 nitrogen and oxygen atoms in total. The van der Waals surface area contributed by atoms with E-state index in [2.05, 4.69) is 376 Å². The van der Waals surface area contributed by atoms with Crippen molar-refractivity contribution in [1.29, 1.82) is 0 Å². The highest BCUT2D eigenvalue weighted by molar-refractivity contribution is 4.93. The maximum atomic E-state index is 5.58. The summed E-state index contributed by atoms with van der Waals surface area (Å²) in [5.74, 6) is 1.81. The van der Waals surface area contributed by atoms with Crippen LogP contribution in [0.4, 0.5) is 0 Å². The number of nitrogens with one attached hydrogen (secondary N) is 16. The fourth-order valence-corrected chi connectivity index (χ4v) is 18.6. The summed E-state index contributed by atoms with van der Waals surface area (Å²) in [6.07, 6.45) is 18.8. The van der Waals surface area contributed by atoms with Crippen molar-refractivity contribution in [2.75, 3.05) is 223 Å². The Morgan fingerprint density at radius 1 is 0.150 bits per heavy atom. The second-order valence-electron chi connectivity index (χ2n) is 57.6. The second-order valence-corrected chi connectivity index (χ2v) is 57.6. The van der Waals surface area contributed by atoms with Crippen LogP contribution in [0.25, 0.3) is 0 Å². The van der Waals surface area contributed by atoms with E-state index in [1.54, 1.807) is 0 Å². The van der Waals surface area contributed by atoms with Gasteiger partial charge in [-0.05, 0) is 185 Å². The summed E-state index contributed by atoms with van der Waals surface area (Å²) in [5.41, 5.74) is 5.44. The van der Waals surface area contributed by atoms with Crippen LogP contribution in [0.3, 0.4) is 0 Å². The van der Waals surface area contributed by atoms with Gasteiger partial charge in [0, 0.05) is 185 Å². The van der Waals surface area contributed by atoms with Gasteiger partial charge >= 0.3 is 0 Å². The van der Waals surface area contributed by atoms with E-state index in [9.17, 15) is 0 Å². The highest BCUT2D eigenvalue weighted by Gasteiger charge is 2.36. The lowest BCUT2D eigenvalue weighted by Gasteiger charge is -2.35. The van der Waals surface area contributed by atoms with Crippen molar-refractivity contribution >= 4 is 0 Å². The van der Waals surface area contributed by atoms with Crippen molar-refractivity contribution < 1.29 is 33.2 Å². The molecule has 0 bridgehead atoms. The molecule has 0 radical (unpaired) electrons. The molecule has 14 heterocycles. The van der Waals surface area contributed by atoms with Gasteiger partial charge in [0.1, 0.15) is 0 Å². The largest absolute Gasteiger partial charge is 0.381 e. The lowest BCUT2D eigenvalue weighted by Crippen LogP contribution is -2.54. The smallest absolute Gasteiger partial charge is 0.0748 e. The van der Waals surface area contributed by atoms with Crippen LogP contribution in [0.1, 0.15) is 374 Å². The summed E-state index contributed by atoms with van der Waals surface area (Å²) in [4.78, 5) is 0. The molecule has 840 valence electrons. The molecule has 12 atom stereocenters.